The SMILES string of the molecule is C#CCC.CC=N.COC(=O)C1=C(OCc2ccccc2)c2cccc(N3CCCCC3)c2CN1. The Morgan fingerprint density at radius 1 is 1.14 bits per heavy atom. The molecule has 0 saturated carbocycles. The Morgan fingerprint density at radius 2 is 1.80 bits per heavy atom. The third kappa shape index (κ3) is 7.92. The summed E-state index contributed by atoms with van der Waals surface area (Å²) in [4.78, 5) is 14.8. The molecule has 2 aliphatic heterocycles. The van der Waals surface area contributed by atoms with E-state index in [-0.39, 0.29) is 0 Å². The fourth-order valence-corrected chi connectivity index (χ4v) is 3.94. The molecule has 1 fully saturated rings. The van der Waals surface area contributed by atoms with Crippen molar-refractivity contribution in [1.29, 1.82) is 5.41 Å². The molecule has 2 N–H and O–H groups in total. The summed E-state index contributed by atoms with van der Waals surface area (Å²) in [5.74, 6) is 2.59. The number of carbonyl (C=O) groups is 1. The molecule has 2 heterocycles. The van der Waals surface area contributed by atoms with Crippen LogP contribution in [0, 0.1) is 17.8 Å². The summed E-state index contributed by atoms with van der Waals surface area (Å²) in [5, 5.41) is 9.33. The van der Waals surface area contributed by atoms with Crippen LogP contribution in [0.25, 0.3) is 5.76 Å². The molecule has 2 aromatic carbocycles. The van der Waals surface area contributed by atoms with E-state index in [0.717, 1.165) is 30.6 Å². The average Bonchev–Trinajstić information content (AvgIpc) is 2.92. The van der Waals surface area contributed by atoms with Gasteiger partial charge in [-0.05, 0) is 44.0 Å². The summed E-state index contributed by atoms with van der Waals surface area (Å²) in [7, 11) is 1.39. The number of fused-ring (bicyclic) bond motifs is 1. The van der Waals surface area contributed by atoms with Crippen molar-refractivity contribution in [2.45, 2.75) is 52.7 Å². The van der Waals surface area contributed by atoms with Crippen LogP contribution in [0.1, 0.15) is 56.2 Å². The fourth-order valence-electron chi connectivity index (χ4n) is 3.94. The van der Waals surface area contributed by atoms with E-state index in [0.29, 0.717) is 24.6 Å². The first-order valence-electron chi connectivity index (χ1n) is 12.1. The zero-order valence-electron chi connectivity index (χ0n) is 21.1. The molecule has 4 rings (SSSR count). The molecule has 6 nitrogen and oxygen atoms in total. The number of hydrogen-bond donors (Lipinski definition) is 2. The number of nitrogens with one attached hydrogen (secondary N) is 2. The molecule has 0 spiro atoms. The van der Waals surface area contributed by atoms with Crippen molar-refractivity contribution in [3.05, 3.63) is 70.9 Å². The molecule has 0 aromatic heterocycles. The van der Waals surface area contributed by atoms with E-state index >= 15 is 0 Å². The standard InChI is InChI=1S/C23H26N2O3.C4H6.C2H5N/c1-27-23(26)21-22(28-16-17-9-4-2-5-10-17)18-11-8-12-20(19(18)15-24-21)25-13-6-3-7-14-25;1-3-4-2;1-2-3/h2,4-5,8-12,24H,3,6-7,13-16H2,1H3;1H,4H2,2H3;2-3H,1H3. The highest BCUT2D eigenvalue weighted by Crippen LogP contribution is 2.35. The maximum atomic E-state index is 12.4. The second kappa shape index (κ2) is 15.2. The van der Waals surface area contributed by atoms with Crippen molar-refractivity contribution in [2.24, 2.45) is 0 Å². The van der Waals surface area contributed by atoms with Gasteiger partial charge in [-0.2, -0.15) is 0 Å². The second-order valence-corrected chi connectivity index (χ2v) is 8.02. The molecule has 0 aliphatic carbocycles. The number of benzene rings is 2. The number of nitrogens with zero attached hydrogens (tertiary/aromatic N) is 1. The van der Waals surface area contributed by atoms with Gasteiger partial charge in [0.2, 0.25) is 0 Å². The third-order valence-electron chi connectivity index (χ3n) is 5.58. The van der Waals surface area contributed by atoms with E-state index in [1.807, 2.05) is 43.3 Å². The maximum Gasteiger partial charge on any atom is 0.358 e. The lowest BCUT2D eigenvalue weighted by Crippen LogP contribution is -2.33. The first-order chi connectivity index (χ1) is 17.1. The molecule has 6 heteroatoms. The fraction of sp³-hybridized carbons (Fsp3) is 0.379. The van der Waals surface area contributed by atoms with Gasteiger partial charge in [0.05, 0.1) is 7.11 Å². The van der Waals surface area contributed by atoms with Crippen LogP contribution in [0.3, 0.4) is 0 Å². The number of hydrogen-bond acceptors (Lipinski definition) is 6. The van der Waals surface area contributed by atoms with E-state index in [1.165, 1.54) is 43.8 Å². The van der Waals surface area contributed by atoms with Crippen LogP contribution in [0.4, 0.5) is 5.69 Å². The van der Waals surface area contributed by atoms with Crippen molar-refractivity contribution >= 4 is 23.6 Å². The van der Waals surface area contributed by atoms with Gasteiger partial charge in [0.1, 0.15) is 6.61 Å². The van der Waals surface area contributed by atoms with Crippen molar-refractivity contribution < 1.29 is 14.3 Å². The van der Waals surface area contributed by atoms with Crippen LogP contribution in [0.2, 0.25) is 0 Å². The zero-order chi connectivity index (χ0) is 25.5. The average molecular weight is 476 g/mol. The monoisotopic (exact) mass is 475 g/mol. The second-order valence-electron chi connectivity index (χ2n) is 8.02. The van der Waals surface area contributed by atoms with Crippen LogP contribution in [0.5, 0.6) is 0 Å². The Bertz CT molecular complexity index is 1020. The Labute approximate surface area is 209 Å². The molecule has 2 aromatic rings. The predicted molar refractivity (Wildman–Crippen MR) is 143 cm³/mol. The number of carbonyl (C=O) groups excluding carboxylic acids is 1. The van der Waals surface area contributed by atoms with Crippen molar-refractivity contribution in [3.8, 4) is 12.3 Å². The third-order valence-corrected chi connectivity index (χ3v) is 5.58. The highest BCUT2D eigenvalue weighted by atomic mass is 16.5. The van der Waals surface area contributed by atoms with Gasteiger partial charge < -0.3 is 25.1 Å². The highest BCUT2D eigenvalue weighted by Gasteiger charge is 2.28. The minimum Gasteiger partial charge on any atom is -0.486 e. The number of methoxy groups -OCH3 is 1. The first kappa shape index (κ1) is 27.5. The number of esters is 1. The van der Waals surface area contributed by atoms with Gasteiger partial charge in [-0.1, -0.05) is 49.4 Å². The zero-order valence-corrected chi connectivity index (χ0v) is 21.1. The predicted octanol–water partition coefficient (Wildman–Crippen LogP) is 5.52. The molecule has 186 valence electrons. The number of anilines is 1. The quantitative estimate of drug-likeness (QED) is 0.338. The van der Waals surface area contributed by atoms with Gasteiger partial charge >= 0.3 is 5.97 Å². The van der Waals surface area contributed by atoms with E-state index in [9.17, 15) is 4.79 Å². The Hall–Kier alpha value is -3.72. The normalized spacial score (nSPS) is 13.9. The molecule has 0 unspecified atom stereocenters. The molecule has 0 atom stereocenters. The molecule has 35 heavy (non-hydrogen) atoms. The largest absolute Gasteiger partial charge is 0.486 e. The molecule has 0 amide bonds. The number of ether oxygens (including phenoxy) is 2. The molecular formula is C29H37N3O3. The summed E-state index contributed by atoms with van der Waals surface area (Å²) >= 11 is 0. The maximum absolute atomic E-state index is 12.4. The van der Waals surface area contributed by atoms with Crippen LogP contribution in [-0.4, -0.2) is 32.4 Å². The smallest absolute Gasteiger partial charge is 0.358 e. The van der Waals surface area contributed by atoms with Gasteiger partial charge in [0.15, 0.2) is 11.5 Å². The Kier molecular flexibility index (Phi) is 12.0. The molecule has 0 bridgehead atoms. The molecular weight excluding hydrogens is 438 g/mol. The number of piperidine rings is 1. The van der Waals surface area contributed by atoms with Gasteiger partial charge in [-0.25, -0.2) is 4.79 Å². The lowest BCUT2D eigenvalue weighted by Gasteiger charge is -2.33. The summed E-state index contributed by atoms with van der Waals surface area (Å²) < 4.78 is 11.2. The van der Waals surface area contributed by atoms with Gasteiger partial charge in [-0.15, -0.1) is 12.3 Å². The molecule has 1 saturated heterocycles. The van der Waals surface area contributed by atoms with Gasteiger partial charge in [0, 0.05) is 42.9 Å². The minimum absolute atomic E-state index is 0.390. The van der Waals surface area contributed by atoms with Crippen molar-refractivity contribution in [3.63, 3.8) is 0 Å². The summed E-state index contributed by atoms with van der Waals surface area (Å²) in [6.45, 7) is 6.74. The van der Waals surface area contributed by atoms with Gasteiger partial charge in [-0.3, -0.25) is 0 Å². The highest BCUT2D eigenvalue weighted by molar-refractivity contribution is 5.97. The summed E-state index contributed by atoms with van der Waals surface area (Å²) in [5.41, 5.74) is 4.83. The van der Waals surface area contributed by atoms with Crippen molar-refractivity contribution in [2.75, 3.05) is 25.1 Å². The van der Waals surface area contributed by atoms with Crippen LogP contribution < -0.4 is 10.2 Å². The van der Waals surface area contributed by atoms with Crippen LogP contribution in [0.15, 0.2) is 54.2 Å². The number of rotatable bonds is 5. The molecule has 2 aliphatic rings. The lowest BCUT2D eigenvalue weighted by atomic mass is 9.97. The Morgan fingerprint density at radius 3 is 2.40 bits per heavy atom. The Balaban J connectivity index is 0.000000551. The van der Waals surface area contributed by atoms with E-state index < -0.39 is 5.97 Å². The van der Waals surface area contributed by atoms with Gasteiger partial charge in [0.25, 0.3) is 0 Å². The van der Waals surface area contributed by atoms with E-state index in [4.69, 9.17) is 21.3 Å². The topological polar surface area (TPSA) is 74.6 Å². The van der Waals surface area contributed by atoms with Crippen molar-refractivity contribution in [1.82, 2.24) is 5.32 Å². The van der Waals surface area contributed by atoms with E-state index in [1.54, 1.807) is 6.92 Å². The first-order valence-corrected chi connectivity index (χ1v) is 12.1. The van der Waals surface area contributed by atoms with Crippen LogP contribution >= 0.6 is 0 Å². The molecule has 0 radical (unpaired) electrons. The number of terminal acetylenes is 1. The lowest BCUT2D eigenvalue weighted by molar-refractivity contribution is -0.136. The van der Waals surface area contributed by atoms with E-state index in [2.05, 4.69) is 28.3 Å². The summed E-state index contributed by atoms with van der Waals surface area (Å²) in [6, 6.07) is 16.2. The minimum atomic E-state index is -0.405. The summed E-state index contributed by atoms with van der Waals surface area (Å²) in [6.07, 6.45) is 10.6. The van der Waals surface area contributed by atoms with Crippen LogP contribution in [-0.2, 0) is 27.4 Å².